The summed E-state index contributed by atoms with van der Waals surface area (Å²) in [5.41, 5.74) is 0.769. The van der Waals surface area contributed by atoms with Crippen LogP contribution >= 0.6 is 0 Å². The minimum Gasteiger partial charge on any atom is -0.244 e. The number of carbonyl (C=O) groups excluding carboxylic acids is 1. The Hall–Kier alpha value is -0.990. The molecule has 0 fully saturated rings. The molecule has 0 aromatic carbocycles. The Labute approximate surface area is 47.8 Å². The second kappa shape index (κ2) is 1.86. The van der Waals surface area contributed by atoms with Gasteiger partial charge < -0.3 is 0 Å². The van der Waals surface area contributed by atoms with Gasteiger partial charge in [0.05, 0.1) is 6.54 Å². The molecule has 1 rings (SSSR count). The van der Waals surface area contributed by atoms with Gasteiger partial charge in [-0.25, -0.2) is 10.1 Å². The Morgan fingerprint density at radius 1 is 1.75 bits per heavy atom. The number of amides is 2. The molecular weight excluding hydrogens is 104 g/mol. The van der Waals surface area contributed by atoms with E-state index in [1.54, 1.807) is 13.0 Å². The Balaban J connectivity index is 2.57. The fourth-order valence-corrected chi connectivity index (χ4v) is 0.488. The van der Waals surface area contributed by atoms with Crippen molar-refractivity contribution < 1.29 is 4.79 Å². The summed E-state index contributed by atoms with van der Waals surface area (Å²) in [6.07, 6.45) is 1.81. The van der Waals surface area contributed by atoms with E-state index in [2.05, 4.69) is 10.6 Å². The maximum Gasteiger partial charge on any atom is 0.362 e. The molecule has 3 nitrogen and oxygen atoms in total. The van der Waals surface area contributed by atoms with E-state index in [9.17, 15) is 4.79 Å². The second-order valence-corrected chi connectivity index (χ2v) is 1.58. The van der Waals surface area contributed by atoms with Gasteiger partial charge in [-0.15, -0.1) is 0 Å². The summed E-state index contributed by atoms with van der Waals surface area (Å²) in [5, 5.41) is 7.04. The summed E-state index contributed by atoms with van der Waals surface area (Å²) < 4.78 is 0. The molecule has 8 heavy (non-hydrogen) atoms. The lowest BCUT2D eigenvalue weighted by Gasteiger charge is -2.05. The van der Waals surface area contributed by atoms with Gasteiger partial charge in [-0.3, -0.25) is 0 Å². The van der Waals surface area contributed by atoms with E-state index in [-0.39, 0.29) is 6.03 Å². The van der Waals surface area contributed by atoms with Crippen molar-refractivity contribution >= 4 is 6.03 Å². The van der Waals surface area contributed by atoms with Crippen molar-refractivity contribution in [2.75, 3.05) is 6.54 Å². The number of hydrogen-bond acceptors (Lipinski definition) is 1. The Morgan fingerprint density at radius 3 is 2.88 bits per heavy atom. The summed E-state index contributed by atoms with van der Waals surface area (Å²) in [7, 11) is 0. The van der Waals surface area contributed by atoms with Gasteiger partial charge in [-0.2, -0.15) is 5.32 Å². The minimum absolute atomic E-state index is 0.356. The Kier molecular flexibility index (Phi) is 1.20. The molecule has 0 N–H and O–H groups in total. The molecule has 0 saturated carbocycles. The van der Waals surface area contributed by atoms with Crippen molar-refractivity contribution in [2.24, 2.45) is 0 Å². The van der Waals surface area contributed by atoms with Gasteiger partial charge in [0.25, 0.3) is 0 Å². The van der Waals surface area contributed by atoms with Crippen molar-refractivity contribution in [3.8, 4) is 0 Å². The minimum atomic E-state index is -0.356. The summed E-state index contributed by atoms with van der Waals surface area (Å²) in [4.78, 5) is 10.3. The van der Waals surface area contributed by atoms with E-state index in [4.69, 9.17) is 0 Å². The highest BCUT2D eigenvalue weighted by Crippen LogP contribution is 1.93. The van der Waals surface area contributed by atoms with Gasteiger partial charge in [0.2, 0.25) is 0 Å². The number of allylic oxidation sites excluding steroid dienone is 1. The molecule has 1 aliphatic heterocycles. The average Bonchev–Trinajstić information content (AvgIpc) is 1.64. The molecule has 2 amide bonds. The molecular formula is C5H6N2O. The fraction of sp³-hybridized carbons (Fsp3) is 0.400. The highest BCUT2D eigenvalue weighted by atomic mass is 16.2. The van der Waals surface area contributed by atoms with Crippen LogP contribution in [0.3, 0.4) is 0 Å². The fourth-order valence-electron chi connectivity index (χ4n) is 0.488. The number of urea groups is 1. The van der Waals surface area contributed by atoms with E-state index in [0.717, 1.165) is 5.70 Å². The molecule has 0 atom stereocenters. The lowest BCUT2D eigenvalue weighted by Crippen LogP contribution is -2.27. The van der Waals surface area contributed by atoms with Crippen molar-refractivity contribution in [3.63, 3.8) is 0 Å². The number of hydrogen-bond donors (Lipinski definition) is 0. The smallest absolute Gasteiger partial charge is 0.244 e. The molecule has 0 spiro atoms. The first kappa shape index (κ1) is 5.15. The van der Waals surface area contributed by atoms with E-state index in [1.807, 2.05) is 0 Å². The predicted molar refractivity (Wildman–Crippen MR) is 28.3 cm³/mol. The third-order valence-electron chi connectivity index (χ3n) is 0.885. The number of rotatable bonds is 0. The monoisotopic (exact) mass is 110 g/mol. The highest BCUT2D eigenvalue weighted by molar-refractivity contribution is 5.76. The van der Waals surface area contributed by atoms with Crippen LogP contribution in [-0.2, 0) is 0 Å². The molecule has 42 valence electrons. The van der Waals surface area contributed by atoms with E-state index in [0.29, 0.717) is 6.54 Å². The summed E-state index contributed by atoms with van der Waals surface area (Å²) >= 11 is 0. The molecule has 0 aliphatic carbocycles. The molecule has 2 radical (unpaired) electrons. The zero-order valence-corrected chi connectivity index (χ0v) is 4.59. The maximum absolute atomic E-state index is 10.3. The second-order valence-electron chi connectivity index (χ2n) is 1.58. The molecule has 0 aromatic rings. The zero-order chi connectivity index (χ0) is 5.98. The maximum atomic E-state index is 10.3. The first-order chi connectivity index (χ1) is 3.79. The molecule has 1 heterocycles. The third-order valence-corrected chi connectivity index (χ3v) is 0.885. The summed E-state index contributed by atoms with van der Waals surface area (Å²) in [6, 6.07) is -0.356. The van der Waals surface area contributed by atoms with Crippen LogP contribution in [-0.4, -0.2) is 12.6 Å². The number of carbonyl (C=O) groups is 1. The standard InChI is InChI=1S/C5H6N2O/c1-4-2-3-6-5(8)7-4/h2H,3H2,1H3. The quantitative estimate of drug-likeness (QED) is 0.440. The SMILES string of the molecule is CC1=CC[N]C(=O)[N]1. The lowest BCUT2D eigenvalue weighted by atomic mass is 10.4. The first-order valence-electron chi connectivity index (χ1n) is 2.39. The van der Waals surface area contributed by atoms with Crippen molar-refractivity contribution in [2.45, 2.75) is 6.92 Å². The van der Waals surface area contributed by atoms with Crippen LogP contribution in [0, 0.1) is 0 Å². The summed E-state index contributed by atoms with van der Waals surface area (Å²) in [5.74, 6) is 0. The van der Waals surface area contributed by atoms with Crippen molar-refractivity contribution in [1.82, 2.24) is 10.6 Å². The van der Waals surface area contributed by atoms with Crippen LogP contribution in [0.15, 0.2) is 11.8 Å². The van der Waals surface area contributed by atoms with Crippen LogP contribution in [0.2, 0.25) is 0 Å². The van der Waals surface area contributed by atoms with E-state index >= 15 is 0 Å². The van der Waals surface area contributed by atoms with Gasteiger partial charge in [0.15, 0.2) is 0 Å². The van der Waals surface area contributed by atoms with Crippen molar-refractivity contribution in [3.05, 3.63) is 11.8 Å². The average molecular weight is 110 g/mol. The van der Waals surface area contributed by atoms with Crippen LogP contribution in [0.1, 0.15) is 6.92 Å². The van der Waals surface area contributed by atoms with E-state index in [1.165, 1.54) is 0 Å². The molecule has 0 aromatic heterocycles. The number of nitrogens with zero attached hydrogens (tertiary/aromatic N) is 2. The van der Waals surface area contributed by atoms with Gasteiger partial charge in [-0.1, -0.05) is 0 Å². The Bertz CT molecular complexity index is 139. The lowest BCUT2D eigenvalue weighted by molar-refractivity contribution is 0.241. The molecule has 3 heteroatoms. The largest absolute Gasteiger partial charge is 0.362 e. The van der Waals surface area contributed by atoms with Gasteiger partial charge in [-0.05, 0) is 13.0 Å². The molecule has 1 aliphatic rings. The van der Waals surface area contributed by atoms with Crippen LogP contribution in [0.25, 0.3) is 0 Å². The normalized spacial score (nSPS) is 18.6. The molecule has 0 unspecified atom stereocenters. The Morgan fingerprint density at radius 2 is 2.50 bits per heavy atom. The predicted octanol–water partition coefficient (Wildman–Crippen LogP) is 0.233. The van der Waals surface area contributed by atoms with Crippen molar-refractivity contribution in [1.29, 1.82) is 0 Å². The van der Waals surface area contributed by atoms with Gasteiger partial charge >= 0.3 is 6.03 Å². The zero-order valence-electron chi connectivity index (χ0n) is 4.59. The van der Waals surface area contributed by atoms with Crippen LogP contribution in [0.5, 0.6) is 0 Å². The van der Waals surface area contributed by atoms with Crippen LogP contribution in [0.4, 0.5) is 4.79 Å². The van der Waals surface area contributed by atoms with E-state index < -0.39 is 0 Å². The molecule has 0 bridgehead atoms. The van der Waals surface area contributed by atoms with Gasteiger partial charge in [0.1, 0.15) is 0 Å². The van der Waals surface area contributed by atoms with Gasteiger partial charge in [0, 0.05) is 5.70 Å². The highest BCUT2D eigenvalue weighted by Gasteiger charge is 2.07. The summed E-state index contributed by atoms with van der Waals surface area (Å²) in [6.45, 7) is 2.28. The third kappa shape index (κ3) is 0.992. The first-order valence-corrected chi connectivity index (χ1v) is 2.39. The topological polar surface area (TPSA) is 45.3 Å². The molecule has 0 saturated heterocycles. The van der Waals surface area contributed by atoms with Crippen LogP contribution < -0.4 is 10.6 Å².